The molecule has 0 bridgehead atoms. The molecule has 0 amide bonds. The molecule has 1 aromatic carbocycles. The number of halogens is 1. The Morgan fingerprint density at radius 1 is 1.13 bits per heavy atom. The van der Waals surface area contributed by atoms with Crippen LogP contribution in [0.4, 0.5) is 0 Å². The van der Waals surface area contributed by atoms with Crippen LogP contribution in [0.5, 0.6) is 0 Å². The van der Waals surface area contributed by atoms with E-state index in [0.717, 1.165) is 0 Å². The van der Waals surface area contributed by atoms with Crippen molar-refractivity contribution in [3.05, 3.63) is 33.8 Å². The predicted octanol–water partition coefficient (Wildman–Crippen LogP) is 3.97. The van der Waals surface area contributed by atoms with Crippen LogP contribution in [-0.4, -0.2) is 0 Å². The molecule has 1 aromatic rings. The Morgan fingerprint density at radius 3 is 2.33 bits per heavy atom. The van der Waals surface area contributed by atoms with E-state index in [9.17, 15) is 0 Å². The van der Waals surface area contributed by atoms with Crippen LogP contribution in [0.3, 0.4) is 0 Å². The van der Waals surface area contributed by atoms with E-state index < -0.39 is 0 Å². The topological polar surface area (TPSA) is 23.8 Å². The Hall–Kier alpha value is -1.00. The molecule has 76 valence electrons. The van der Waals surface area contributed by atoms with E-state index in [1.54, 1.807) is 0 Å². The highest BCUT2D eigenvalue weighted by atomic mass is 35.5. The van der Waals surface area contributed by atoms with Crippen LogP contribution in [-0.2, 0) is 0 Å². The second-order valence-electron chi connectivity index (χ2n) is 4.63. The van der Waals surface area contributed by atoms with Crippen LogP contribution in [0.1, 0.15) is 54.2 Å². The molecule has 3 rings (SSSR count). The van der Waals surface area contributed by atoms with E-state index in [0.29, 0.717) is 22.4 Å². The monoisotopic (exact) mass is 217 g/mol. The van der Waals surface area contributed by atoms with Crippen molar-refractivity contribution >= 4 is 11.6 Å². The average Bonchev–Trinajstić information content (AvgIpc) is 3.07. The zero-order valence-electron chi connectivity index (χ0n) is 8.46. The molecule has 0 N–H and O–H groups in total. The fraction of sp³-hybridized carbons (Fsp3) is 0.462. The molecular formula is C13H12ClN. The quantitative estimate of drug-likeness (QED) is 0.736. The molecule has 0 aromatic heterocycles. The van der Waals surface area contributed by atoms with Gasteiger partial charge in [0.1, 0.15) is 6.07 Å². The molecule has 0 spiro atoms. The van der Waals surface area contributed by atoms with Gasteiger partial charge in [-0.2, -0.15) is 5.26 Å². The van der Waals surface area contributed by atoms with Gasteiger partial charge in [0.25, 0.3) is 0 Å². The van der Waals surface area contributed by atoms with Gasteiger partial charge in [-0.1, -0.05) is 17.7 Å². The van der Waals surface area contributed by atoms with Gasteiger partial charge < -0.3 is 0 Å². The SMILES string of the molecule is N#Cc1c(Cl)cc(C2CC2)cc1C1CC1. The summed E-state index contributed by atoms with van der Waals surface area (Å²) in [5, 5.41) is 9.74. The van der Waals surface area contributed by atoms with Crippen molar-refractivity contribution in [3.63, 3.8) is 0 Å². The molecule has 15 heavy (non-hydrogen) atoms. The van der Waals surface area contributed by atoms with Gasteiger partial charge in [-0.3, -0.25) is 0 Å². The lowest BCUT2D eigenvalue weighted by Gasteiger charge is -2.07. The second kappa shape index (κ2) is 3.25. The number of nitriles is 1. The summed E-state index contributed by atoms with van der Waals surface area (Å²) in [4.78, 5) is 0. The summed E-state index contributed by atoms with van der Waals surface area (Å²) in [7, 11) is 0. The lowest BCUT2D eigenvalue weighted by molar-refractivity contribution is 1.07. The van der Waals surface area contributed by atoms with Gasteiger partial charge >= 0.3 is 0 Å². The van der Waals surface area contributed by atoms with Gasteiger partial charge in [-0.05, 0) is 54.7 Å². The first kappa shape index (κ1) is 9.24. The average molecular weight is 218 g/mol. The minimum atomic E-state index is 0.607. The number of hydrogen-bond acceptors (Lipinski definition) is 1. The maximum absolute atomic E-state index is 9.09. The predicted molar refractivity (Wildman–Crippen MR) is 60.1 cm³/mol. The van der Waals surface area contributed by atoms with E-state index >= 15 is 0 Å². The molecular weight excluding hydrogens is 206 g/mol. The van der Waals surface area contributed by atoms with Crippen molar-refractivity contribution in [3.8, 4) is 6.07 Å². The molecule has 1 nitrogen and oxygen atoms in total. The number of hydrogen-bond donors (Lipinski definition) is 0. The third kappa shape index (κ3) is 1.64. The lowest BCUT2D eigenvalue weighted by Crippen LogP contribution is -1.92. The first-order valence-electron chi connectivity index (χ1n) is 5.53. The largest absolute Gasteiger partial charge is 0.192 e. The number of benzene rings is 1. The van der Waals surface area contributed by atoms with E-state index in [2.05, 4.69) is 12.1 Å². The van der Waals surface area contributed by atoms with E-state index in [-0.39, 0.29) is 0 Å². The van der Waals surface area contributed by atoms with Crippen LogP contribution in [0.15, 0.2) is 12.1 Å². The fourth-order valence-electron chi connectivity index (χ4n) is 2.14. The Kier molecular flexibility index (Phi) is 2.00. The maximum Gasteiger partial charge on any atom is 0.101 e. The molecule has 2 aliphatic rings. The number of rotatable bonds is 2. The lowest BCUT2D eigenvalue weighted by atomic mass is 9.99. The van der Waals surface area contributed by atoms with Crippen molar-refractivity contribution in [2.24, 2.45) is 0 Å². The standard InChI is InChI=1S/C13H12ClN/c14-13-6-10(8-1-2-8)5-11(9-3-4-9)12(13)7-15/h5-6,8-9H,1-4H2. The highest BCUT2D eigenvalue weighted by Crippen LogP contribution is 2.47. The van der Waals surface area contributed by atoms with Crippen LogP contribution in [0, 0.1) is 11.3 Å². The molecule has 2 fully saturated rings. The molecule has 2 saturated carbocycles. The van der Waals surface area contributed by atoms with Crippen molar-refractivity contribution in [1.29, 1.82) is 5.26 Å². The highest BCUT2D eigenvalue weighted by molar-refractivity contribution is 6.32. The highest BCUT2D eigenvalue weighted by Gasteiger charge is 2.30. The van der Waals surface area contributed by atoms with Gasteiger partial charge in [0.15, 0.2) is 0 Å². The zero-order valence-corrected chi connectivity index (χ0v) is 9.22. The maximum atomic E-state index is 9.09. The van der Waals surface area contributed by atoms with E-state index in [1.807, 2.05) is 6.07 Å². The minimum absolute atomic E-state index is 0.607. The van der Waals surface area contributed by atoms with Crippen LogP contribution in [0.2, 0.25) is 5.02 Å². The normalized spacial score (nSPS) is 20.0. The Balaban J connectivity index is 2.11. The van der Waals surface area contributed by atoms with Crippen LogP contribution in [0.25, 0.3) is 0 Å². The van der Waals surface area contributed by atoms with Gasteiger partial charge in [0.2, 0.25) is 0 Å². The summed E-state index contributed by atoms with van der Waals surface area (Å²) in [5.41, 5.74) is 3.26. The third-order valence-electron chi connectivity index (χ3n) is 3.32. The summed E-state index contributed by atoms with van der Waals surface area (Å²) < 4.78 is 0. The minimum Gasteiger partial charge on any atom is -0.192 e. The summed E-state index contributed by atoms with van der Waals surface area (Å²) in [6, 6.07) is 6.45. The molecule has 0 aliphatic heterocycles. The zero-order chi connectivity index (χ0) is 10.4. The Bertz CT molecular complexity index is 450. The van der Waals surface area contributed by atoms with Gasteiger partial charge in [0.05, 0.1) is 10.6 Å². The fourth-order valence-corrected chi connectivity index (χ4v) is 2.41. The Morgan fingerprint density at radius 2 is 1.80 bits per heavy atom. The van der Waals surface area contributed by atoms with E-state index in [1.165, 1.54) is 36.8 Å². The van der Waals surface area contributed by atoms with Gasteiger partial charge in [0, 0.05) is 0 Å². The molecule has 0 radical (unpaired) electrons. The molecule has 0 unspecified atom stereocenters. The van der Waals surface area contributed by atoms with Crippen molar-refractivity contribution in [2.75, 3.05) is 0 Å². The van der Waals surface area contributed by atoms with Crippen LogP contribution >= 0.6 is 11.6 Å². The molecule has 2 heteroatoms. The summed E-state index contributed by atoms with van der Waals surface area (Å²) >= 11 is 6.16. The first-order chi connectivity index (χ1) is 7.29. The molecule has 0 heterocycles. The summed E-state index contributed by atoms with van der Waals surface area (Å²) in [6.07, 6.45) is 5.01. The van der Waals surface area contributed by atoms with E-state index in [4.69, 9.17) is 16.9 Å². The summed E-state index contributed by atoms with van der Waals surface area (Å²) in [6.45, 7) is 0. The second-order valence-corrected chi connectivity index (χ2v) is 5.03. The summed E-state index contributed by atoms with van der Waals surface area (Å²) in [5.74, 6) is 1.32. The van der Waals surface area contributed by atoms with Gasteiger partial charge in [-0.25, -0.2) is 0 Å². The van der Waals surface area contributed by atoms with Gasteiger partial charge in [-0.15, -0.1) is 0 Å². The molecule has 0 atom stereocenters. The third-order valence-corrected chi connectivity index (χ3v) is 3.62. The number of nitrogens with zero attached hydrogens (tertiary/aromatic N) is 1. The molecule has 2 aliphatic carbocycles. The van der Waals surface area contributed by atoms with Crippen LogP contribution < -0.4 is 0 Å². The van der Waals surface area contributed by atoms with Crippen molar-refractivity contribution in [2.45, 2.75) is 37.5 Å². The van der Waals surface area contributed by atoms with Crippen molar-refractivity contribution < 1.29 is 0 Å². The first-order valence-corrected chi connectivity index (χ1v) is 5.91. The van der Waals surface area contributed by atoms with Crippen molar-refractivity contribution in [1.82, 2.24) is 0 Å². The smallest absolute Gasteiger partial charge is 0.101 e. The Labute approximate surface area is 94.7 Å². The molecule has 0 saturated heterocycles.